The van der Waals surface area contributed by atoms with Gasteiger partial charge in [-0.3, -0.25) is 0 Å². The van der Waals surface area contributed by atoms with Crippen molar-refractivity contribution >= 4 is 34.2 Å². The van der Waals surface area contributed by atoms with Gasteiger partial charge in [0.05, 0.1) is 15.3 Å². The van der Waals surface area contributed by atoms with Gasteiger partial charge in [-0.15, -0.1) is 0 Å². The summed E-state index contributed by atoms with van der Waals surface area (Å²) in [7, 11) is 0. The first-order valence-electron chi connectivity index (χ1n) is 3.97. The zero-order valence-corrected chi connectivity index (χ0v) is 10.3. The molecule has 2 rings (SSSR count). The molecule has 4 nitrogen and oxygen atoms in total. The molecule has 2 aromatic rings. The average Bonchev–Trinajstić information content (AvgIpc) is 2.65. The Kier molecular flexibility index (Phi) is 2.88. The summed E-state index contributed by atoms with van der Waals surface area (Å²) in [4.78, 5) is 4.08. The predicted octanol–water partition coefficient (Wildman–Crippen LogP) is 2.40. The maximum Gasteiger partial charge on any atom is 0.173 e. The minimum atomic E-state index is 0.319. The summed E-state index contributed by atoms with van der Waals surface area (Å²) in [5.74, 6) is 0.471. The van der Waals surface area contributed by atoms with Crippen LogP contribution in [-0.4, -0.2) is 14.8 Å². The summed E-state index contributed by atoms with van der Waals surface area (Å²) < 4.78 is 2.53. The molecule has 0 aromatic carbocycles. The Balaban J connectivity index is 2.59. The van der Waals surface area contributed by atoms with Crippen LogP contribution in [0, 0.1) is 14.9 Å². The standard InChI is InChI=1S/C9H4ClIN4/c10-8-6(3-12)1-2-13-9(8)15-5-7(11)4-14-15/h1-2,4-5H. The zero-order valence-electron chi connectivity index (χ0n) is 7.35. The van der Waals surface area contributed by atoms with E-state index in [1.165, 1.54) is 6.20 Å². The number of nitriles is 1. The molecule has 0 spiro atoms. The molecule has 0 aliphatic carbocycles. The second kappa shape index (κ2) is 4.16. The lowest BCUT2D eigenvalue weighted by atomic mass is 10.3. The lowest BCUT2D eigenvalue weighted by molar-refractivity contribution is 0.846. The van der Waals surface area contributed by atoms with E-state index in [0.717, 1.165) is 3.57 Å². The van der Waals surface area contributed by atoms with Crippen molar-refractivity contribution in [3.8, 4) is 11.9 Å². The minimum absolute atomic E-state index is 0.319. The highest BCUT2D eigenvalue weighted by molar-refractivity contribution is 14.1. The first-order valence-corrected chi connectivity index (χ1v) is 5.43. The van der Waals surface area contributed by atoms with E-state index in [2.05, 4.69) is 32.7 Å². The third-order valence-electron chi connectivity index (χ3n) is 1.76. The van der Waals surface area contributed by atoms with Gasteiger partial charge >= 0.3 is 0 Å². The third kappa shape index (κ3) is 1.96. The second-order valence-electron chi connectivity index (χ2n) is 2.71. The summed E-state index contributed by atoms with van der Waals surface area (Å²) in [5, 5.41) is 13.2. The minimum Gasteiger partial charge on any atom is -0.236 e. The van der Waals surface area contributed by atoms with Crippen molar-refractivity contribution in [1.82, 2.24) is 14.8 Å². The Morgan fingerprint density at radius 2 is 2.33 bits per heavy atom. The van der Waals surface area contributed by atoms with E-state index in [1.54, 1.807) is 23.1 Å². The summed E-state index contributed by atoms with van der Waals surface area (Å²) >= 11 is 8.14. The smallest absolute Gasteiger partial charge is 0.173 e. The predicted molar refractivity (Wildman–Crippen MR) is 63.8 cm³/mol. The average molecular weight is 331 g/mol. The molecule has 74 valence electrons. The molecule has 2 aromatic heterocycles. The number of rotatable bonds is 1. The molecule has 0 atom stereocenters. The summed E-state index contributed by atoms with van der Waals surface area (Å²) in [5.41, 5.74) is 0.396. The molecular weight excluding hydrogens is 326 g/mol. The Labute approximate surface area is 105 Å². The molecule has 15 heavy (non-hydrogen) atoms. The molecule has 2 heterocycles. The van der Waals surface area contributed by atoms with Gasteiger partial charge < -0.3 is 0 Å². The Morgan fingerprint density at radius 3 is 2.93 bits per heavy atom. The molecule has 6 heteroatoms. The number of hydrogen-bond acceptors (Lipinski definition) is 3. The third-order valence-corrected chi connectivity index (χ3v) is 2.69. The number of nitrogens with zero attached hydrogens (tertiary/aromatic N) is 4. The fourth-order valence-electron chi connectivity index (χ4n) is 1.10. The van der Waals surface area contributed by atoms with Crippen LogP contribution in [0.3, 0.4) is 0 Å². The maximum absolute atomic E-state index is 8.80. The SMILES string of the molecule is N#Cc1ccnc(-n2cc(I)cn2)c1Cl. The van der Waals surface area contributed by atoms with Crippen molar-refractivity contribution in [3.05, 3.63) is 38.8 Å². The van der Waals surface area contributed by atoms with Gasteiger partial charge in [-0.25, -0.2) is 9.67 Å². The maximum atomic E-state index is 8.80. The van der Waals surface area contributed by atoms with E-state index in [4.69, 9.17) is 16.9 Å². The number of halogens is 2. The molecule has 0 N–H and O–H groups in total. The molecule has 0 radical (unpaired) electrons. The van der Waals surface area contributed by atoms with Gasteiger partial charge in [0, 0.05) is 12.4 Å². The Bertz CT molecular complexity index is 543. The van der Waals surface area contributed by atoms with Crippen LogP contribution >= 0.6 is 34.2 Å². The van der Waals surface area contributed by atoms with Crippen molar-refractivity contribution in [2.45, 2.75) is 0 Å². The van der Waals surface area contributed by atoms with Crippen molar-refractivity contribution in [2.75, 3.05) is 0 Å². The van der Waals surface area contributed by atoms with Crippen molar-refractivity contribution in [2.24, 2.45) is 0 Å². The molecule has 0 unspecified atom stereocenters. The van der Waals surface area contributed by atoms with Crippen molar-refractivity contribution in [1.29, 1.82) is 5.26 Å². The van der Waals surface area contributed by atoms with E-state index in [9.17, 15) is 0 Å². The van der Waals surface area contributed by atoms with Crippen LogP contribution < -0.4 is 0 Å². The highest BCUT2D eigenvalue weighted by Gasteiger charge is 2.09. The van der Waals surface area contributed by atoms with Crippen LogP contribution in [0.5, 0.6) is 0 Å². The first-order chi connectivity index (χ1) is 7.22. The number of aromatic nitrogens is 3. The topological polar surface area (TPSA) is 54.5 Å². The van der Waals surface area contributed by atoms with E-state index in [-0.39, 0.29) is 0 Å². The fourth-order valence-corrected chi connectivity index (χ4v) is 1.72. The van der Waals surface area contributed by atoms with E-state index in [0.29, 0.717) is 16.4 Å². The monoisotopic (exact) mass is 330 g/mol. The van der Waals surface area contributed by atoms with E-state index in [1.807, 2.05) is 6.07 Å². The molecule has 0 saturated carbocycles. The van der Waals surface area contributed by atoms with Crippen LogP contribution in [0.15, 0.2) is 24.7 Å². The lowest BCUT2D eigenvalue weighted by Crippen LogP contribution is -1.99. The van der Waals surface area contributed by atoms with Crippen molar-refractivity contribution < 1.29 is 0 Å². The summed E-state index contributed by atoms with van der Waals surface area (Å²) in [6.07, 6.45) is 5.02. The summed E-state index contributed by atoms with van der Waals surface area (Å²) in [6, 6.07) is 3.57. The van der Waals surface area contributed by atoms with Crippen molar-refractivity contribution in [3.63, 3.8) is 0 Å². The molecular formula is C9H4ClIN4. The first kappa shape index (κ1) is 10.4. The molecule has 0 fully saturated rings. The molecule has 0 saturated heterocycles. The van der Waals surface area contributed by atoms with E-state index >= 15 is 0 Å². The zero-order chi connectivity index (χ0) is 10.8. The highest BCUT2D eigenvalue weighted by atomic mass is 127. The van der Waals surface area contributed by atoms with Crippen LogP contribution in [-0.2, 0) is 0 Å². The van der Waals surface area contributed by atoms with Gasteiger partial charge in [-0.05, 0) is 28.7 Å². The second-order valence-corrected chi connectivity index (χ2v) is 4.33. The quantitative estimate of drug-likeness (QED) is 0.755. The molecule has 0 aliphatic heterocycles. The van der Waals surface area contributed by atoms with Gasteiger partial charge in [-0.2, -0.15) is 10.4 Å². The van der Waals surface area contributed by atoms with Crippen LogP contribution in [0.4, 0.5) is 0 Å². The van der Waals surface area contributed by atoms with Gasteiger partial charge in [0.25, 0.3) is 0 Å². The Hall–Kier alpha value is -1.13. The van der Waals surface area contributed by atoms with Crippen LogP contribution in [0.25, 0.3) is 5.82 Å². The molecule has 0 bridgehead atoms. The van der Waals surface area contributed by atoms with Gasteiger partial charge in [0.15, 0.2) is 5.82 Å². The number of hydrogen-bond donors (Lipinski definition) is 0. The van der Waals surface area contributed by atoms with Gasteiger partial charge in [-0.1, -0.05) is 11.6 Å². The highest BCUT2D eigenvalue weighted by Crippen LogP contribution is 2.21. The van der Waals surface area contributed by atoms with Gasteiger partial charge in [0.1, 0.15) is 11.1 Å². The number of pyridine rings is 1. The van der Waals surface area contributed by atoms with Gasteiger partial charge in [0.2, 0.25) is 0 Å². The van der Waals surface area contributed by atoms with Crippen LogP contribution in [0.2, 0.25) is 5.02 Å². The normalized spacial score (nSPS) is 9.93. The molecule has 0 aliphatic rings. The van der Waals surface area contributed by atoms with Crippen LogP contribution in [0.1, 0.15) is 5.56 Å². The Morgan fingerprint density at radius 1 is 1.53 bits per heavy atom. The largest absolute Gasteiger partial charge is 0.236 e. The fraction of sp³-hybridized carbons (Fsp3) is 0. The van der Waals surface area contributed by atoms with E-state index < -0.39 is 0 Å². The summed E-state index contributed by atoms with van der Waals surface area (Å²) in [6.45, 7) is 0. The lowest BCUT2D eigenvalue weighted by Gasteiger charge is -2.02. The molecule has 0 amide bonds.